The van der Waals surface area contributed by atoms with E-state index in [0.29, 0.717) is 25.7 Å². The van der Waals surface area contributed by atoms with E-state index >= 15 is 0 Å². The third-order valence-corrected chi connectivity index (χ3v) is 3.90. The van der Waals surface area contributed by atoms with Crippen LogP contribution in [0.2, 0.25) is 0 Å². The van der Waals surface area contributed by atoms with Crippen LogP contribution in [0.5, 0.6) is 0 Å². The summed E-state index contributed by atoms with van der Waals surface area (Å²) in [6.45, 7) is 0. The van der Waals surface area contributed by atoms with Gasteiger partial charge in [0.25, 0.3) is 0 Å². The first-order chi connectivity index (χ1) is 11.3. The third kappa shape index (κ3) is 4.94. The molecule has 0 saturated carbocycles. The zero-order valence-corrected chi connectivity index (χ0v) is 13.1. The lowest BCUT2D eigenvalue weighted by molar-refractivity contribution is -0.138. The molecule has 1 aliphatic carbocycles. The molecule has 0 amide bonds. The van der Waals surface area contributed by atoms with Crippen LogP contribution in [-0.4, -0.2) is 44.3 Å². The van der Waals surface area contributed by atoms with Gasteiger partial charge in [-0.15, -0.1) is 0 Å². The Labute approximate surface area is 138 Å². The van der Waals surface area contributed by atoms with Crippen molar-refractivity contribution >= 4 is 23.9 Å². The van der Waals surface area contributed by atoms with E-state index in [1.165, 1.54) is 0 Å². The first kappa shape index (κ1) is 19.4. The minimum atomic E-state index is -1.75. The van der Waals surface area contributed by atoms with Crippen molar-refractivity contribution in [3.8, 4) is 0 Å². The topological polar surface area (TPSA) is 149 Å². The van der Waals surface area contributed by atoms with Crippen LogP contribution >= 0.6 is 0 Å². The molecule has 0 aromatic carbocycles. The highest BCUT2D eigenvalue weighted by molar-refractivity contribution is 6.14. The molecular weight excluding hydrogens is 320 g/mol. The Morgan fingerprint density at radius 1 is 0.500 bits per heavy atom. The van der Waals surface area contributed by atoms with Crippen molar-refractivity contribution in [2.45, 2.75) is 51.4 Å². The van der Waals surface area contributed by atoms with Crippen LogP contribution in [0.1, 0.15) is 51.4 Å². The molecule has 0 unspecified atom stereocenters. The molecule has 0 atom stereocenters. The second-order valence-corrected chi connectivity index (χ2v) is 5.55. The fourth-order valence-electron chi connectivity index (χ4n) is 2.76. The molecule has 8 nitrogen and oxygen atoms in total. The second-order valence-electron chi connectivity index (χ2n) is 5.55. The summed E-state index contributed by atoms with van der Waals surface area (Å²) >= 11 is 0. The number of hydrogen-bond acceptors (Lipinski definition) is 4. The first-order valence-corrected chi connectivity index (χ1v) is 7.67. The van der Waals surface area contributed by atoms with Crippen LogP contribution in [-0.2, 0) is 19.2 Å². The van der Waals surface area contributed by atoms with Crippen LogP contribution in [0, 0.1) is 0 Å². The van der Waals surface area contributed by atoms with Gasteiger partial charge >= 0.3 is 23.9 Å². The SMILES string of the molecule is O=C(O)/C1=C(C(=O)O)/C(C(=O)O)=C(/C(=O)O)CCCCCCCC1. The summed E-state index contributed by atoms with van der Waals surface area (Å²) in [5.41, 5.74) is -3.01. The number of hydrogen-bond donors (Lipinski definition) is 4. The van der Waals surface area contributed by atoms with Gasteiger partial charge in [0, 0.05) is 0 Å². The van der Waals surface area contributed by atoms with Gasteiger partial charge < -0.3 is 20.4 Å². The van der Waals surface area contributed by atoms with E-state index in [9.17, 15) is 39.6 Å². The van der Waals surface area contributed by atoms with Crippen LogP contribution in [0.25, 0.3) is 0 Å². The maximum atomic E-state index is 11.6. The average Bonchev–Trinajstić information content (AvgIpc) is 2.45. The molecule has 1 rings (SSSR count). The summed E-state index contributed by atoms with van der Waals surface area (Å²) in [4.78, 5) is 46.0. The zero-order valence-electron chi connectivity index (χ0n) is 13.1. The summed E-state index contributed by atoms with van der Waals surface area (Å²) in [7, 11) is 0. The molecule has 0 heterocycles. The molecule has 132 valence electrons. The van der Waals surface area contributed by atoms with Crippen molar-refractivity contribution < 1.29 is 39.6 Å². The Morgan fingerprint density at radius 3 is 1.04 bits per heavy atom. The van der Waals surface area contributed by atoms with Crippen LogP contribution in [0.15, 0.2) is 22.3 Å². The number of carbonyl (C=O) groups is 4. The lowest BCUT2D eigenvalue weighted by Gasteiger charge is -2.14. The lowest BCUT2D eigenvalue weighted by Crippen LogP contribution is -2.21. The molecule has 0 spiro atoms. The number of aliphatic carboxylic acids is 4. The van der Waals surface area contributed by atoms with E-state index < -0.39 is 46.2 Å². The lowest BCUT2D eigenvalue weighted by atomic mass is 9.89. The Morgan fingerprint density at radius 2 is 0.792 bits per heavy atom. The number of carboxylic acids is 4. The Bertz CT molecular complexity index is 558. The Hall–Kier alpha value is -2.64. The molecule has 0 radical (unpaired) electrons. The fraction of sp³-hybridized carbons (Fsp3) is 0.500. The van der Waals surface area contributed by atoms with E-state index in [1.54, 1.807) is 0 Å². The highest BCUT2D eigenvalue weighted by Crippen LogP contribution is 2.28. The minimum Gasteiger partial charge on any atom is -0.478 e. The molecule has 24 heavy (non-hydrogen) atoms. The van der Waals surface area contributed by atoms with E-state index in [-0.39, 0.29) is 12.8 Å². The molecule has 8 heteroatoms. The molecular formula is C16H20O8. The molecule has 0 aliphatic heterocycles. The highest BCUT2D eigenvalue weighted by Gasteiger charge is 2.32. The quantitative estimate of drug-likeness (QED) is 0.607. The number of carboxylic acid groups (broad SMARTS) is 4. The smallest absolute Gasteiger partial charge is 0.337 e. The molecule has 0 aromatic rings. The molecule has 0 bridgehead atoms. The van der Waals surface area contributed by atoms with Gasteiger partial charge in [-0.25, -0.2) is 19.2 Å². The van der Waals surface area contributed by atoms with Gasteiger partial charge in [-0.1, -0.05) is 25.7 Å². The van der Waals surface area contributed by atoms with Crippen molar-refractivity contribution in [1.82, 2.24) is 0 Å². The van der Waals surface area contributed by atoms with E-state index in [1.807, 2.05) is 0 Å². The predicted molar refractivity (Wildman–Crippen MR) is 81.5 cm³/mol. The average molecular weight is 340 g/mol. The minimum absolute atomic E-state index is 0.124. The monoisotopic (exact) mass is 340 g/mol. The number of rotatable bonds is 4. The predicted octanol–water partition coefficient (Wildman–Crippen LogP) is 2.05. The van der Waals surface area contributed by atoms with E-state index in [2.05, 4.69) is 0 Å². The van der Waals surface area contributed by atoms with Crippen LogP contribution in [0.3, 0.4) is 0 Å². The molecule has 0 saturated heterocycles. The maximum absolute atomic E-state index is 11.6. The van der Waals surface area contributed by atoms with Crippen molar-refractivity contribution in [2.75, 3.05) is 0 Å². The van der Waals surface area contributed by atoms with Crippen molar-refractivity contribution in [3.05, 3.63) is 22.3 Å². The highest BCUT2D eigenvalue weighted by atomic mass is 16.4. The maximum Gasteiger partial charge on any atom is 0.337 e. The Balaban J connectivity index is 3.70. The summed E-state index contributed by atoms with van der Waals surface area (Å²) in [6, 6.07) is 0. The van der Waals surface area contributed by atoms with Gasteiger partial charge in [-0.2, -0.15) is 0 Å². The first-order valence-electron chi connectivity index (χ1n) is 7.67. The van der Waals surface area contributed by atoms with Crippen LogP contribution < -0.4 is 0 Å². The van der Waals surface area contributed by atoms with Crippen molar-refractivity contribution in [3.63, 3.8) is 0 Å². The Kier molecular flexibility index (Phi) is 7.16. The van der Waals surface area contributed by atoms with Crippen molar-refractivity contribution in [1.29, 1.82) is 0 Å². The molecule has 1 aliphatic rings. The fourth-order valence-corrected chi connectivity index (χ4v) is 2.76. The largest absolute Gasteiger partial charge is 0.478 e. The van der Waals surface area contributed by atoms with E-state index in [0.717, 1.165) is 12.8 Å². The molecule has 4 N–H and O–H groups in total. The van der Waals surface area contributed by atoms with Crippen LogP contribution in [0.4, 0.5) is 0 Å². The van der Waals surface area contributed by atoms with Gasteiger partial charge in [0.05, 0.1) is 22.3 Å². The van der Waals surface area contributed by atoms with Gasteiger partial charge in [0.2, 0.25) is 0 Å². The van der Waals surface area contributed by atoms with Gasteiger partial charge in [0.15, 0.2) is 0 Å². The summed E-state index contributed by atoms with van der Waals surface area (Å²) in [5.74, 6) is -6.60. The normalized spacial score (nSPS) is 23.7. The van der Waals surface area contributed by atoms with Gasteiger partial charge in [-0.3, -0.25) is 0 Å². The summed E-state index contributed by atoms with van der Waals surface area (Å²) < 4.78 is 0. The van der Waals surface area contributed by atoms with E-state index in [4.69, 9.17) is 0 Å². The standard InChI is InChI=1S/C16H20O8/c17-13(18)9-7-5-3-1-2-4-6-8-10(14(19)20)12(16(23)24)11(9)15(21)22/h1-8H2,(H,17,18)(H,19,20)(H,21,22)(H,23,24)/b11-9-,12-10-. The summed E-state index contributed by atoms with van der Waals surface area (Å²) in [5, 5.41) is 37.3. The zero-order chi connectivity index (χ0) is 18.3. The summed E-state index contributed by atoms with van der Waals surface area (Å²) in [6.07, 6.45) is 3.59. The van der Waals surface area contributed by atoms with Gasteiger partial charge in [0.1, 0.15) is 0 Å². The second kappa shape index (κ2) is 8.85. The molecule has 0 fully saturated rings. The van der Waals surface area contributed by atoms with Crippen molar-refractivity contribution in [2.24, 2.45) is 0 Å². The molecule has 0 aromatic heterocycles. The third-order valence-electron chi connectivity index (χ3n) is 3.90. The van der Waals surface area contributed by atoms with Gasteiger partial charge in [-0.05, 0) is 25.7 Å².